The van der Waals surface area contributed by atoms with Crippen molar-refractivity contribution < 1.29 is 4.74 Å². The van der Waals surface area contributed by atoms with Gasteiger partial charge in [0.2, 0.25) is 5.88 Å². The molecule has 8 heteroatoms. The van der Waals surface area contributed by atoms with Crippen molar-refractivity contribution in [1.29, 1.82) is 0 Å². The number of hydrogen-bond donors (Lipinski definition) is 2. The van der Waals surface area contributed by atoms with Crippen LogP contribution in [0, 0.1) is 6.92 Å². The molecule has 3 heterocycles. The Kier molecular flexibility index (Phi) is 5.96. The maximum absolute atomic E-state index is 6.38. The monoisotopic (exact) mass is 446 g/mol. The van der Waals surface area contributed by atoms with Crippen LogP contribution in [-0.4, -0.2) is 51.3 Å². The Morgan fingerprint density at radius 3 is 2.53 bits per heavy atom. The van der Waals surface area contributed by atoms with Crippen molar-refractivity contribution in [1.82, 2.24) is 25.1 Å². The number of ether oxygens (including phenoxy) is 1. The normalized spacial score (nSPS) is 15.2. The van der Waals surface area contributed by atoms with Crippen molar-refractivity contribution in [2.75, 3.05) is 24.9 Å². The summed E-state index contributed by atoms with van der Waals surface area (Å²) in [6.45, 7) is 4.04. The first-order valence-electron chi connectivity index (χ1n) is 10.8. The van der Waals surface area contributed by atoms with Crippen LogP contribution in [0.3, 0.4) is 0 Å². The molecule has 0 spiro atoms. The highest BCUT2D eigenvalue weighted by Crippen LogP contribution is 2.30. The smallest absolute Gasteiger partial charge is 0.228 e. The van der Waals surface area contributed by atoms with Gasteiger partial charge >= 0.3 is 0 Å². The largest absolute Gasteiger partial charge is 0.474 e. The lowest BCUT2D eigenvalue weighted by Gasteiger charge is -2.29. The minimum Gasteiger partial charge on any atom is -0.474 e. The van der Waals surface area contributed by atoms with Gasteiger partial charge in [0.15, 0.2) is 11.5 Å². The van der Waals surface area contributed by atoms with Gasteiger partial charge in [-0.25, -0.2) is 4.98 Å². The highest BCUT2D eigenvalue weighted by atomic mass is 32.2. The van der Waals surface area contributed by atoms with E-state index >= 15 is 0 Å². The van der Waals surface area contributed by atoms with E-state index in [1.165, 1.54) is 0 Å². The number of aryl methyl sites for hydroxylation is 1. The topological polar surface area (TPSA) is 79.0 Å². The Morgan fingerprint density at radius 2 is 1.78 bits per heavy atom. The van der Waals surface area contributed by atoms with Crippen molar-refractivity contribution in [3.05, 3.63) is 60.3 Å². The Labute approximate surface area is 191 Å². The first-order chi connectivity index (χ1) is 15.7. The van der Waals surface area contributed by atoms with Gasteiger partial charge in [-0.05, 0) is 75.2 Å². The molecule has 2 N–H and O–H groups in total. The third kappa shape index (κ3) is 4.56. The predicted octanol–water partition coefficient (Wildman–Crippen LogP) is 4.92. The molecular weight excluding hydrogens is 420 g/mol. The van der Waals surface area contributed by atoms with E-state index in [-0.39, 0.29) is 6.10 Å². The Bertz CT molecular complexity index is 1190. The van der Waals surface area contributed by atoms with Gasteiger partial charge in [-0.2, -0.15) is 10.1 Å². The first kappa shape index (κ1) is 20.8. The van der Waals surface area contributed by atoms with Gasteiger partial charge in [0.05, 0.1) is 0 Å². The number of hydrogen-bond acceptors (Lipinski definition) is 7. The van der Waals surface area contributed by atoms with Crippen LogP contribution in [0.15, 0.2) is 59.5 Å². The molecule has 0 saturated carbocycles. The molecular formula is C24H26N6OS. The van der Waals surface area contributed by atoms with Crippen molar-refractivity contribution in [2.24, 2.45) is 0 Å². The van der Waals surface area contributed by atoms with Crippen molar-refractivity contribution in [2.45, 2.75) is 30.8 Å². The molecule has 5 rings (SSSR count). The van der Waals surface area contributed by atoms with E-state index in [2.05, 4.69) is 44.0 Å². The van der Waals surface area contributed by atoms with Crippen LogP contribution in [0.4, 0.5) is 5.69 Å². The standard InChI is InChI=1S/C24H26N6OS/c1-16-21-23(28-27-16)25-22(26-24(21)31-19-12-14-30(2)15-13-19)17-8-10-18(11-9-17)29-32-20-6-4-3-5-7-20/h3-11,19,29H,12-15H2,1-2H3,(H,25,26,27,28). The molecule has 0 unspecified atom stereocenters. The van der Waals surface area contributed by atoms with Crippen LogP contribution in [0.2, 0.25) is 0 Å². The van der Waals surface area contributed by atoms with E-state index in [1.54, 1.807) is 11.9 Å². The Morgan fingerprint density at radius 1 is 1.03 bits per heavy atom. The summed E-state index contributed by atoms with van der Waals surface area (Å²) < 4.78 is 9.75. The quantitative estimate of drug-likeness (QED) is 0.407. The van der Waals surface area contributed by atoms with E-state index in [0.717, 1.165) is 53.2 Å². The second-order valence-electron chi connectivity index (χ2n) is 8.11. The van der Waals surface area contributed by atoms with Crippen LogP contribution >= 0.6 is 11.9 Å². The summed E-state index contributed by atoms with van der Waals surface area (Å²) in [7, 11) is 2.15. The molecule has 1 saturated heterocycles. The second kappa shape index (κ2) is 9.18. The highest BCUT2D eigenvalue weighted by Gasteiger charge is 2.22. The number of fused-ring (bicyclic) bond motifs is 1. The summed E-state index contributed by atoms with van der Waals surface area (Å²) in [6, 6.07) is 18.3. The van der Waals surface area contributed by atoms with E-state index in [0.29, 0.717) is 17.4 Å². The summed E-state index contributed by atoms with van der Waals surface area (Å²) in [5.74, 6) is 1.24. The van der Waals surface area contributed by atoms with E-state index in [4.69, 9.17) is 9.72 Å². The summed E-state index contributed by atoms with van der Waals surface area (Å²) in [5, 5.41) is 8.26. The minimum absolute atomic E-state index is 0.160. The van der Waals surface area contributed by atoms with Gasteiger partial charge in [0, 0.05) is 34.9 Å². The number of likely N-dealkylation sites (tertiary alicyclic amines) is 1. The lowest BCUT2D eigenvalue weighted by Crippen LogP contribution is -2.35. The van der Waals surface area contributed by atoms with Gasteiger partial charge in [-0.3, -0.25) is 5.10 Å². The van der Waals surface area contributed by atoms with E-state index < -0.39 is 0 Å². The summed E-state index contributed by atoms with van der Waals surface area (Å²) >= 11 is 1.58. The van der Waals surface area contributed by atoms with Crippen LogP contribution in [0.25, 0.3) is 22.4 Å². The number of benzene rings is 2. The number of piperidine rings is 1. The number of nitrogens with one attached hydrogen (secondary N) is 2. The van der Waals surface area contributed by atoms with Crippen LogP contribution in [0.5, 0.6) is 5.88 Å². The van der Waals surface area contributed by atoms with Gasteiger partial charge in [-0.15, -0.1) is 0 Å². The molecule has 7 nitrogen and oxygen atoms in total. The fraction of sp³-hybridized carbons (Fsp3) is 0.292. The number of aromatic amines is 1. The molecule has 32 heavy (non-hydrogen) atoms. The third-order valence-corrected chi connectivity index (χ3v) is 6.52. The molecule has 0 radical (unpaired) electrons. The maximum Gasteiger partial charge on any atom is 0.228 e. The predicted molar refractivity (Wildman–Crippen MR) is 129 cm³/mol. The molecule has 164 valence electrons. The zero-order chi connectivity index (χ0) is 21.9. The van der Waals surface area contributed by atoms with E-state index in [1.807, 2.05) is 49.4 Å². The fourth-order valence-corrected chi connectivity index (χ4v) is 4.46. The molecule has 1 fully saturated rings. The second-order valence-corrected chi connectivity index (χ2v) is 8.99. The molecule has 2 aromatic carbocycles. The summed E-state index contributed by atoms with van der Waals surface area (Å²) in [5.41, 5.74) is 3.50. The highest BCUT2D eigenvalue weighted by molar-refractivity contribution is 8.00. The molecule has 1 aliphatic heterocycles. The maximum atomic E-state index is 6.38. The lowest BCUT2D eigenvalue weighted by atomic mass is 10.1. The molecule has 0 aliphatic carbocycles. The average Bonchev–Trinajstić information content (AvgIpc) is 3.21. The van der Waals surface area contributed by atoms with E-state index in [9.17, 15) is 0 Å². The Hall–Kier alpha value is -3.10. The SMILES string of the molecule is Cc1[nH]nc2nc(-c3ccc(NSc4ccccc4)cc3)nc(OC3CCN(C)CC3)c12. The van der Waals surface area contributed by atoms with Crippen molar-refractivity contribution in [3.8, 4) is 17.3 Å². The van der Waals surface area contributed by atoms with Gasteiger partial charge in [0.25, 0.3) is 0 Å². The van der Waals surface area contributed by atoms with Crippen LogP contribution in [-0.2, 0) is 0 Å². The minimum atomic E-state index is 0.160. The number of aromatic nitrogens is 4. The molecule has 0 bridgehead atoms. The van der Waals surface area contributed by atoms with Gasteiger partial charge in [0.1, 0.15) is 11.5 Å². The zero-order valence-electron chi connectivity index (χ0n) is 18.2. The number of nitrogens with zero attached hydrogens (tertiary/aromatic N) is 4. The zero-order valence-corrected chi connectivity index (χ0v) is 19.0. The summed E-state index contributed by atoms with van der Waals surface area (Å²) in [6.07, 6.45) is 2.15. The van der Waals surface area contributed by atoms with Crippen LogP contribution in [0.1, 0.15) is 18.5 Å². The summed E-state index contributed by atoms with van der Waals surface area (Å²) in [4.78, 5) is 13.0. The molecule has 1 aliphatic rings. The van der Waals surface area contributed by atoms with Gasteiger partial charge < -0.3 is 14.4 Å². The lowest BCUT2D eigenvalue weighted by molar-refractivity contribution is 0.111. The number of rotatable bonds is 6. The molecule has 0 amide bonds. The average molecular weight is 447 g/mol. The molecule has 2 aromatic heterocycles. The van der Waals surface area contributed by atoms with Crippen LogP contribution < -0.4 is 9.46 Å². The van der Waals surface area contributed by atoms with Gasteiger partial charge in [-0.1, -0.05) is 18.2 Å². The van der Waals surface area contributed by atoms with Crippen molar-refractivity contribution >= 4 is 28.7 Å². The third-order valence-electron chi connectivity index (χ3n) is 5.68. The molecule has 0 atom stereocenters. The first-order valence-corrected chi connectivity index (χ1v) is 11.6. The fourth-order valence-electron chi connectivity index (χ4n) is 3.80. The molecule has 4 aromatic rings. The Balaban J connectivity index is 1.37. The van der Waals surface area contributed by atoms with Crippen molar-refractivity contribution in [3.63, 3.8) is 0 Å². The number of anilines is 1. The number of H-pyrrole nitrogens is 1.